The topological polar surface area (TPSA) is 18.5 Å². The third kappa shape index (κ3) is 6.98. The molecule has 86 valence electrons. The lowest BCUT2D eigenvalue weighted by atomic mass is 10.4. The normalized spacial score (nSPS) is 14.4. The molecule has 0 bridgehead atoms. The Labute approximate surface area is 98.3 Å². The van der Waals surface area contributed by atoms with E-state index in [9.17, 15) is 0 Å². The van der Waals surface area contributed by atoms with Crippen molar-refractivity contribution in [3.05, 3.63) is 0 Å². The van der Waals surface area contributed by atoms with Crippen LogP contribution in [0.2, 0.25) is 0 Å². The predicted octanol–water partition coefficient (Wildman–Crippen LogP) is 3.16. The molecule has 1 atom stereocenters. The van der Waals surface area contributed by atoms with Crippen LogP contribution in [0.5, 0.6) is 0 Å². The minimum Gasteiger partial charge on any atom is -0.393 e. The zero-order valence-electron chi connectivity index (χ0n) is 9.92. The second-order valence-electron chi connectivity index (χ2n) is 4.04. The maximum absolute atomic E-state index is 5.85. The van der Waals surface area contributed by atoms with Crippen LogP contribution in [0.3, 0.4) is 0 Å². The smallest absolute Gasteiger partial charge is 0.336 e. The Morgan fingerprint density at radius 1 is 1.07 bits per heavy atom. The number of halogens is 1. The molecule has 0 fully saturated rings. The molecule has 0 saturated carbocycles. The highest BCUT2D eigenvalue weighted by Gasteiger charge is 2.25. The molecule has 0 N–H and O–H groups in total. The molecule has 0 aliphatic rings. The van der Waals surface area contributed by atoms with Gasteiger partial charge in [-0.15, -0.1) is 0 Å². The van der Waals surface area contributed by atoms with E-state index in [2.05, 4.69) is 50.5 Å². The van der Waals surface area contributed by atoms with Crippen LogP contribution in [-0.2, 0) is 8.85 Å². The van der Waals surface area contributed by atoms with E-state index in [-0.39, 0.29) is 12.2 Å². The van der Waals surface area contributed by atoms with Crippen LogP contribution in [0.4, 0.5) is 0 Å². The number of hydrogen-bond acceptors (Lipinski definition) is 2. The molecule has 14 heavy (non-hydrogen) atoms. The first-order valence-corrected chi connectivity index (χ1v) is 7.94. The van der Waals surface area contributed by atoms with Gasteiger partial charge in [0.05, 0.1) is 4.45 Å². The zero-order chi connectivity index (χ0) is 11.1. The Morgan fingerprint density at radius 2 is 1.50 bits per heavy atom. The van der Waals surface area contributed by atoms with Gasteiger partial charge in [0.1, 0.15) is 0 Å². The predicted molar refractivity (Wildman–Crippen MR) is 67.2 cm³/mol. The highest BCUT2D eigenvalue weighted by Crippen LogP contribution is 2.16. The first kappa shape index (κ1) is 14.6. The average molecular weight is 283 g/mol. The molecule has 0 rings (SSSR count). The van der Waals surface area contributed by atoms with Crippen molar-refractivity contribution in [2.24, 2.45) is 0 Å². The molecule has 0 aliphatic heterocycles. The minimum absolute atomic E-state index is 0.266. The Bertz CT molecular complexity index is 132. The van der Waals surface area contributed by atoms with E-state index in [1.165, 1.54) is 6.42 Å². The van der Waals surface area contributed by atoms with Crippen LogP contribution >= 0.6 is 15.9 Å². The molecule has 0 radical (unpaired) electrons. The summed E-state index contributed by atoms with van der Waals surface area (Å²) in [6.07, 6.45) is 2.84. The molecule has 0 aromatic heterocycles. The van der Waals surface area contributed by atoms with Crippen molar-refractivity contribution in [2.45, 2.75) is 64.1 Å². The number of alkyl halides is 1. The maximum Gasteiger partial charge on any atom is 0.336 e. The van der Waals surface area contributed by atoms with Crippen LogP contribution in [0.25, 0.3) is 0 Å². The molecule has 1 unspecified atom stereocenters. The standard InChI is InChI=1S/C10H23BrO2Si/c1-6-7-10(11)14(12-8(2)3)13-9(4)5/h8-10,14H,6-7H2,1-5H3. The fraction of sp³-hybridized carbons (Fsp3) is 1.00. The second kappa shape index (κ2) is 7.85. The summed E-state index contributed by atoms with van der Waals surface area (Å²) in [6.45, 7) is 10.4. The minimum atomic E-state index is -1.54. The molecule has 2 nitrogen and oxygen atoms in total. The molecule has 0 heterocycles. The van der Waals surface area contributed by atoms with E-state index in [4.69, 9.17) is 8.85 Å². The van der Waals surface area contributed by atoms with Gasteiger partial charge in [0, 0.05) is 12.2 Å². The summed E-state index contributed by atoms with van der Waals surface area (Å²) in [5.41, 5.74) is 0. The third-order valence-electron chi connectivity index (χ3n) is 1.67. The van der Waals surface area contributed by atoms with Crippen molar-refractivity contribution in [3.8, 4) is 0 Å². The molecular weight excluding hydrogens is 260 g/mol. The van der Waals surface area contributed by atoms with E-state index in [1.54, 1.807) is 0 Å². The van der Waals surface area contributed by atoms with Crippen molar-refractivity contribution in [3.63, 3.8) is 0 Å². The summed E-state index contributed by atoms with van der Waals surface area (Å²) in [7, 11) is -1.54. The van der Waals surface area contributed by atoms with Gasteiger partial charge in [0.15, 0.2) is 0 Å². The summed E-state index contributed by atoms with van der Waals surface area (Å²) in [5.74, 6) is 0. The molecule has 0 aliphatic carbocycles. The highest BCUT2D eigenvalue weighted by atomic mass is 79.9. The molecule has 4 heteroatoms. The molecule has 0 aromatic rings. The van der Waals surface area contributed by atoms with E-state index < -0.39 is 9.28 Å². The molecule has 0 aromatic carbocycles. The number of rotatable bonds is 7. The van der Waals surface area contributed by atoms with Gasteiger partial charge in [0.2, 0.25) is 0 Å². The van der Waals surface area contributed by atoms with Crippen LogP contribution < -0.4 is 0 Å². The maximum atomic E-state index is 5.85. The van der Waals surface area contributed by atoms with Crippen molar-refractivity contribution in [2.75, 3.05) is 0 Å². The SMILES string of the molecule is CCCC(Br)[SiH](OC(C)C)OC(C)C. The first-order chi connectivity index (χ1) is 6.47. The Hall–Kier alpha value is 0.617. The van der Waals surface area contributed by atoms with Crippen molar-refractivity contribution < 1.29 is 8.85 Å². The molecule has 0 spiro atoms. The fourth-order valence-electron chi connectivity index (χ4n) is 1.15. The van der Waals surface area contributed by atoms with Crippen LogP contribution in [0.15, 0.2) is 0 Å². The monoisotopic (exact) mass is 282 g/mol. The van der Waals surface area contributed by atoms with Crippen molar-refractivity contribution in [1.82, 2.24) is 0 Å². The Balaban J connectivity index is 4.08. The second-order valence-corrected chi connectivity index (χ2v) is 8.28. The Kier molecular flexibility index (Phi) is 8.20. The van der Waals surface area contributed by atoms with Gasteiger partial charge in [-0.1, -0.05) is 29.3 Å². The van der Waals surface area contributed by atoms with Gasteiger partial charge < -0.3 is 8.85 Å². The molecule has 0 amide bonds. The lowest BCUT2D eigenvalue weighted by Gasteiger charge is -2.25. The zero-order valence-corrected chi connectivity index (χ0v) is 12.7. The molecule has 0 saturated heterocycles. The first-order valence-electron chi connectivity index (χ1n) is 5.42. The average Bonchev–Trinajstić information content (AvgIpc) is 2.01. The van der Waals surface area contributed by atoms with Crippen molar-refractivity contribution >= 4 is 25.2 Å². The van der Waals surface area contributed by atoms with Crippen molar-refractivity contribution in [1.29, 1.82) is 0 Å². The summed E-state index contributed by atoms with van der Waals surface area (Å²) in [4.78, 5) is 0. The summed E-state index contributed by atoms with van der Waals surface area (Å²) in [5, 5.41) is 0. The van der Waals surface area contributed by atoms with Gasteiger partial charge in [-0.2, -0.15) is 0 Å². The van der Waals surface area contributed by atoms with Gasteiger partial charge in [-0.3, -0.25) is 0 Å². The summed E-state index contributed by atoms with van der Waals surface area (Å²) < 4.78 is 12.1. The quantitative estimate of drug-likeness (QED) is 0.528. The highest BCUT2D eigenvalue weighted by molar-refractivity contribution is 9.10. The summed E-state index contributed by atoms with van der Waals surface area (Å²) in [6, 6.07) is 0. The lowest BCUT2D eigenvalue weighted by Crippen LogP contribution is -2.37. The number of hydrogen-bond donors (Lipinski definition) is 0. The van der Waals surface area contributed by atoms with Gasteiger partial charge in [-0.25, -0.2) is 0 Å². The Morgan fingerprint density at radius 3 is 1.79 bits per heavy atom. The van der Waals surface area contributed by atoms with Gasteiger partial charge in [-0.05, 0) is 34.1 Å². The fourth-order valence-corrected chi connectivity index (χ4v) is 4.44. The van der Waals surface area contributed by atoms with Gasteiger partial charge in [0.25, 0.3) is 0 Å². The van der Waals surface area contributed by atoms with E-state index in [0.717, 1.165) is 6.42 Å². The van der Waals surface area contributed by atoms with E-state index in [0.29, 0.717) is 4.45 Å². The van der Waals surface area contributed by atoms with E-state index >= 15 is 0 Å². The third-order valence-corrected chi connectivity index (χ3v) is 5.97. The largest absolute Gasteiger partial charge is 0.393 e. The summed E-state index contributed by atoms with van der Waals surface area (Å²) >= 11 is 3.67. The van der Waals surface area contributed by atoms with E-state index in [1.807, 2.05) is 0 Å². The van der Waals surface area contributed by atoms with Crippen LogP contribution in [-0.4, -0.2) is 25.9 Å². The van der Waals surface area contributed by atoms with Crippen LogP contribution in [0, 0.1) is 0 Å². The van der Waals surface area contributed by atoms with Crippen LogP contribution in [0.1, 0.15) is 47.5 Å². The van der Waals surface area contributed by atoms with Gasteiger partial charge >= 0.3 is 9.28 Å². The molecular formula is C10H23BrO2Si. The lowest BCUT2D eigenvalue weighted by molar-refractivity contribution is 0.128.